The molecule has 1 aliphatic heterocycles. The fourth-order valence-electron chi connectivity index (χ4n) is 3.28. The second-order valence-electron chi connectivity index (χ2n) is 6.65. The first-order valence-corrected chi connectivity index (χ1v) is 10.4. The van der Waals surface area contributed by atoms with Crippen LogP contribution in [0.1, 0.15) is 11.1 Å². The highest BCUT2D eigenvalue weighted by Gasteiger charge is 2.22. The van der Waals surface area contributed by atoms with E-state index in [0.717, 1.165) is 11.1 Å². The Kier molecular flexibility index (Phi) is 5.07. The number of nitrogens with one attached hydrogen (secondary N) is 1. The van der Waals surface area contributed by atoms with E-state index in [2.05, 4.69) is 10.8 Å². The molecule has 138 valence electrons. The van der Waals surface area contributed by atoms with Gasteiger partial charge in [0.05, 0.1) is 17.6 Å². The van der Waals surface area contributed by atoms with Crippen molar-refractivity contribution < 1.29 is 13.2 Å². The highest BCUT2D eigenvalue weighted by atomic mass is 32.2. The smallest absolute Gasteiger partial charge is 0.240 e. The van der Waals surface area contributed by atoms with Gasteiger partial charge < -0.3 is 4.74 Å². The molecule has 0 bridgehead atoms. The van der Waals surface area contributed by atoms with Crippen LogP contribution in [0.25, 0.3) is 11.1 Å². The highest BCUT2D eigenvalue weighted by molar-refractivity contribution is 7.89. The lowest BCUT2D eigenvalue weighted by Crippen LogP contribution is -2.36. The second-order valence-corrected chi connectivity index (χ2v) is 8.42. The Hall–Kier alpha value is -2.47. The van der Waals surface area contributed by atoms with Crippen LogP contribution in [0.3, 0.4) is 0 Å². The molecule has 0 radical (unpaired) electrons. The van der Waals surface area contributed by atoms with Crippen molar-refractivity contribution in [3.63, 3.8) is 0 Å². The molecule has 1 N–H and O–H groups in total. The van der Waals surface area contributed by atoms with Crippen molar-refractivity contribution in [3.05, 3.63) is 90.0 Å². The second kappa shape index (κ2) is 7.64. The minimum Gasteiger partial charge on any atom is -0.372 e. The van der Waals surface area contributed by atoms with Crippen LogP contribution in [0, 0.1) is 0 Å². The molecular formula is C22H21NO3S. The molecule has 3 aromatic rings. The SMILES string of the molecule is O=S(=O)(NCC1Cc2ccccc2CO1)c1ccc(-c2ccccc2)cc1. The Morgan fingerprint density at radius 2 is 1.44 bits per heavy atom. The average molecular weight is 379 g/mol. The average Bonchev–Trinajstić information content (AvgIpc) is 2.73. The van der Waals surface area contributed by atoms with Gasteiger partial charge in [0.15, 0.2) is 0 Å². The van der Waals surface area contributed by atoms with Gasteiger partial charge in [-0.1, -0.05) is 66.7 Å². The molecule has 5 heteroatoms. The zero-order valence-corrected chi connectivity index (χ0v) is 15.7. The molecule has 0 saturated carbocycles. The van der Waals surface area contributed by atoms with E-state index in [-0.39, 0.29) is 17.5 Å². The molecule has 27 heavy (non-hydrogen) atoms. The summed E-state index contributed by atoms with van der Waals surface area (Å²) in [6.07, 6.45) is 0.560. The van der Waals surface area contributed by atoms with Crippen LogP contribution in [0.4, 0.5) is 0 Å². The number of ether oxygens (including phenoxy) is 1. The predicted octanol–water partition coefficient (Wildman–Crippen LogP) is 3.77. The van der Waals surface area contributed by atoms with Gasteiger partial charge in [-0.25, -0.2) is 13.1 Å². The van der Waals surface area contributed by atoms with E-state index in [4.69, 9.17) is 4.74 Å². The molecule has 0 aromatic heterocycles. The van der Waals surface area contributed by atoms with Gasteiger partial charge in [0, 0.05) is 13.0 Å². The maximum atomic E-state index is 12.6. The third-order valence-corrected chi connectivity index (χ3v) is 6.25. The minimum atomic E-state index is -3.57. The summed E-state index contributed by atoms with van der Waals surface area (Å²) in [5.41, 5.74) is 4.44. The quantitative estimate of drug-likeness (QED) is 0.734. The molecule has 1 atom stereocenters. The van der Waals surface area contributed by atoms with Gasteiger partial charge in [0.2, 0.25) is 10.0 Å². The van der Waals surface area contributed by atoms with Crippen molar-refractivity contribution in [2.24, 2.45) is 0 Å². The number of benzene rings is 3. The summed E-state index contributed by atoms with van der Waals surface area (Å²) in [5.74, 6) is 0. The first-order valence-electron chi connectivity index (χ1n) is 8.95. The molecule has 0 aliphatic carbocycles. The zero-order valence-electron chi connectivity index (χ0n) is 14.8. The lowest BCUT2D eigenvalue weighted by molar-refractivity contribution is 0.0322. The van der Waals surface area contributed by atoms with Gasteiger partial charge in [-0.2, -0.15) is 0 Å². The lowest BCUT2D eigenvalue weighted by Gasteiger charge is -2.25. The van der Waals surface area contributed by atoms with E-state index >= 15 is 0 Å². The first kappa shape index (κ1) is 17.9. The molecule has 4 nitrogen and oxygen atoms in total. The zero-order chi connectivity index (χ0) is 18.7. The molecular weight excluding hydrogens is 358 g/mol. The molecule has 0 spiro atoms. The lowest BCUT2D eigenvalue weighted by atomic mass is 9.99. The van der Waals surface area contributed by atoms with Crippen molar-refractivity contribution >= 4 is 10.0 Å². The fourth-order valence-corrected chi connectivity index (χ4v) is 4.35. The molecule has 0 fully saturated rings. The monoisotopic (exact) mass is 379 g/mol. The topological polar surface area (TPSA) is 55.4 Å². The largest absolute Gasteiger partial charge is 0.372 e. The molecule has 0 saturated heterocycles. The van der Waals surface area contributed by atoms with Crippen LogP contribution >= 0.6 is 0 Å². The predicted molar refractivity (Wildman–Crippen MR) is 106 cm³/mol. The number of rotatable bonds is 5. The van der Waals surface area contributed by atoms with Crippen LogP contribution in [-0.4, -0.2) is 21.1 Å². The van der Waals surface area contributed by atoms with E-state index in [9.17, 15) is 8.42 Å². The molecule has 0 amide bonds. The van der Waals surface area contributed by atoms with Crippen LogP contribution < -0.4 is 4.72 Å². The van der Waals surface area contributed by atoms with Crippen molar-refractivity contribution in [2.45, 2.75) is 24.0 Å². The van der Waals surface area contributed by atoms with Gasteiger partial charge in [-0.3, -0.25) is 0 Å². The summed E-state index contributed by atoms with van der Waals surface area (Å²) in [4.78, 5) is 0.262. The number of hydrogen-bond donors (Lipinski definition) is 1. The van der Waals surface area contributed by atoms with Gasteiger partial charge in [0.25, 0.3) is 0 Å². The summed E-state index contributed by atoms with van der Waals surface area (Å²) in [7, 11) is -3.57. The van der Waals surface area contributed by atoms with Crippen LogP contribution in [0.15, 0.2) is 83.8 Å². The molecule has 1 heterocycles. The van der Waals surface area contributed by atoms with E-state index in [0.29, 0.717) is 13.0 Å². The Labute approximate surface area is 159 Å². The van der Waals surface area contributed by atoms with Crippen molar-refractivity contribution in [1.82, 2.24) is 4.72 Å². The first-order chi connectivity index (χ1) is 13.1. The summed E-state index contributed by atoms with van der Waals surface area (Å²) >= 11 is 0. The van der Waals surface area contributed by atoms with Crippen molar-refractivity contribution in [1.29, 1.82) is 0 Å². The number of fused-ring (bicyclic) bond motifs is 1. The van der Waals surface area contributed by atoms with Gasteiger partial charge in [-0.05, 0) is 34.4 Å². The van der Waals surface area contributed by atoms with E-state index in [1.165, 1.54) is 11.1 Å². The normalized spacial score (nSPS) is 16.7. The molecule has 1 aliphatic rings. The Morgan fingerprint density at radius 3 is 2.19 bits per heavy atom. The maximum absolute atomic E-state index is 12.6. The van der Waals surface area contributed by atoms with Crippen molar-refractivity contribution in [3.8, 4) is 11.1 Å². The summed E-state index contributed by atoms with van der Waals surface area (Å²) in [5, 5.41) is 0. The maximum Gasteiger partial charge on any atom is 0.240 e. The molecule has 4 rings (SSSR count). The highest BCUT2D eigenvalue weighted by Crippen LogP contribution is 2.22. The van der Waals surface area contributed by atoms with E-state index in [1.54, 1.807) is 12.1 Å². The third-order valence-electron chi connectivity index (χ3n) is 4.81. The Balaban J connectivity index is 1.42. The Morgan fingerprint density at radius 1 is 0.815 bits per heavy atom. The van der Waals surface area contributed by atoms with Crippen LogP contribution in [0.2, 0.25) is 0 Å². The van der Waals surface area contributed by atoms with Crippen LogP contribution in [0.5, 0.6) is 0 Å². The Bertz CT molecular complexity index is 1010. The van der Waals surface area contributed by atoms with Crippen LogP contribution in [-0.2, 0) is 27.8 Å². The third kappa shape index (κ3) is 4.11. The number of sulfonamides is 1. The van der Waals surface area contributed by atoms with E-state index in [1.807, 2.05) is 60.7 Å². The van der Waals surface area contributed by atoms with Gasteiger partial charge in [0.1, 0.15) is 0 Å². The summed E-state index contributed by atoms with van der Waals surface area (Å²) < 4.78 is 33.7. The molecule has 3 aromatic carbocycles. The van der Waals surface area contributed by atoms with Gasteiger partial charge in [-0.15, -0.1) is 0 Å². The summed E-state index contributed by atoms with van der Waals surface area (Å²) in [6, 6.07) is 24.9. The standard InChI is InChI=1S/C22H21NO3S/c24-27(25,22-12-10-18(11-13-22)17-6-2-1-3-7-17)23-15-21-14-19-8-4-5-9-20(19)16-26-21/h1-13,21,23H,14-16H2. The minimum absolute atomic E-state index is 0.154. The molecule has 1 unspecified atom stereocenters. The van der Waals surface area contributed by atoms with E-state index < -0.39 is 10.0 Å². The fraction of sp³-hybridized carbons (Fsp3) is 0.182. The van der Waals surface area contributed by atoms with Crippen molar-refractivity contribution in [2.75, 3.05) is 6.54 Å². The van der Waals surface area contributed by atoms with Gasteiger partial charge >= 0.3 is 0 Å². The number of hydrogen-bond acceptors (Lipinski definition) is 3. The summed E-state index contributed by atoms with van der Waals surface area (Å²) in [6.45, 7) is 0.783.